The van der Waals surface area contributed by atoms with Gasteiger partial charge in [-0.25, -0.2) is 0 Å². The second-order valence-electron chi connectivity index (χ2n) is 4.01. The molecule has 14 heavy (non-hydrogen) atoms. The van der Waals surface area contributed by atoms with Gasteiger partial charge in [0.25, 0.3) is 0 Å². The van der Waals surface area contributed by atoms with E-state index in [1.54, 1.807) is 11.8 Å². The standard InChI is InChI=1S/C11H12O2S/c1-11(2)9(10(12)13)7-5-3-4-6-8(7)14-11/h3-6,9H,1-2H3,(H,12,13). The summed E-state index contributed by atoms with van der Waals surface area (Å²) in [5, 5.41) is 9.18. The highest BCUT2D eigenvalue weighted by molar-refractivity contribution is 8.01. The maximum atomic E-state index is 11.2. The predicted octanol–water partition coefficient (Wildman–Crippen LogP) is 2.74. The minimum absolute atomic E-state index is 0.241. The minimum Gasteiger partial charge on any atom is -0.481 e. The number of thioether (sulfide) groups is 1. The quantitative estimate of drug-likeness (QED) is 0.771. The number of hydrogen-bond donors (Lipinski definition) is 1. The third-order valence-corrected chi connectivity index (χ3v) is 3.90. The lowest BCUT2D eigenvalue weighted by Crippen LogP contribution is -2.27. The Morgan fingerprint density at radius 2 is 2.07 bits per heavy atom. The predicted molar refractivity (Wildman–Crippen MR) is 56.8 cm³/mol. The molecule has 0 aromatic heterocycles. The molecule has 0 spiro atoms. The van der Waals surface area contributed by atoms with E-state index in [1.165, 1.54) is 0 Å². The van der Waals surface area contributed by atoms with Gasteiger partial charge in [0, 0.05) is 9.64 Å². The van der Waals surface area contributed by atoms with Crippen molar-refractivity contribution in [1.82, 2.24) is 0 Å². The molecule has 1 aliphatic rings. The number of carboxylic acid groups (broad SMARTS) is 1. The summed E-state index contributed by atoms with van der Waals surface area (Å²) in [6.45, 7) is 3.97. The van der Waals surface area contributed by atoms with Crippen molar-refractivity contribution in [3.63, 3.8) is 0 Å². The molecular weight excluding hydrogens is 196 g/mol. The van der Waals surface area contributed by atoms with Crippen molar-refractivity contribution in [3.05, 3.63) is 29.8 Å². The van der Waals surface area contributed by atoms with Gasteiger partial charge in [-0.15, -0.1) is 11.8 Å². The van der Waals surface area contributed by atoms with Gasteiger partial charge in [-0.3, -0.25) is 4.79 Å². The first-order valence-corrected chi connectivity index (χ1v) is 5.35. The van der Waals surface area contributed by atoms with Crippen molar-refractivity contribution < 1.29 is 9.90 Å². The van der Waals surface area contributed by atoms with Crippen LogP contribution in [0.25, 0.3) is 0 Å². The molecular formula is C11H12O2S. The SMILES string of the molecule is CC1(C)Sc2ccccc2C1C(=O)O. The summed E-state index contributed by atoms with van der Waals surface area (Å²) in [6, 6.07) is 7.75. The summed E-state index contributed by atoms with van der Waals surface area (Å²) in [5.41, 5.74) is 0.954. The van der Waals surface area contributed by atoms with Crippen LogP contribution in [0.4, 0.5) is 0 Å². The first kappa shape index (κ1) is 9.59. The third kappa shape index (κ3) is 1.32. The van der Waals surface area contributed by atoms with Gasteiger partial charge in [-0.2, -0.15) is 0 Å². The van der Waals surface area contributed by atoms with E-state index >= 15 is 0 Å². The Bertz CT molecular complexity index is 385. The van der Waals surface area contributed by atoms with E-state index in [9.17, 15) is 9.90 Å². The smallest absolute Gasteiger partial charge is 0.312 e. The number of hydrogen-bond acceptors (Lipinski definition) is 2. The second-order valence-corrected chi connectivity index (χ2v) is 5.71. The van der Waals surface area contributed by atoms with E-state index < -0.39 is 5.97 Å². The number of rotatable bonds is 1. The van der Waals surface area contributed by atoms with E-state index in [2.05, 4.69) is 0 Å². The Balaban J connectivity index is 2.53. The molecule has 1 unspecified atom stereocenters. The maximum absolute atomic E-state index is 11.2. The molecule has 1 aliphatic heterocycles. The van der Waals surface area contributed by atoms with Crippen molar-refractivity contribution in [2.45, 2.75) is 29.4 Å². The van der Waals surface area contributed by atoms with Crippen molar-refractivity contribution in [3.8, 4) is 0 Å². The Morgan fingerprint density at radius 1 is 1.43 bits per heavy atom. The van der Waals surface area contributed by atoms with Crippen LogP contribution in [0.2, 0.25) is 0 Å². The topological polar surface area (TPSA) is 37.3 Å². The van der Waals surface area contributed by atoms with Crippen LogP contribution in [-0.2, 0) is 4.79 Å². The molecule has 1 heterocycles. The highest BCUT2D eigenvalue weighted by atomic mass is 32.2. The summed E-state index contributed by atoms with van der Waals surface area (Å²) in [4.78, 5) is 12.3. The summed E-state index contributed by atoms with van der Waals surface area (Å²) in [7, 11) is 0. The molecule has 0 saturated carbocycles. The second kappa shape index (κ2) is 3.02. The van der Waals surface area contributed by atoms with Crippen molar-refractivity contribution in [2.75, 3.05) is 0 Å². The molecule has 0 radical (unpaired) electrons. The largest absolute Gasteiger partial charge is 0.481 e. The van der Waals surface area contributed by atoms with Crippen LogP contribution in [0.15, 0.2) is 29.2 Å². The molecule has 0 bridgehead atoms. The Labute approximate surface area is 87.3 Å². The molecule has 74 valence electrons. The fourth-order valence-electron chi connectivity index (χ4n) is 1.96. The summed E-state index contributed by atoms with van der Waals surface area (Å²) < 4.78 is -0.241. The van der Waals surface area contributed by atoms with Crippen LogP contribution < -0.4 is 0 Å². The number of fused-ring (bicyclic) bond motifs is 1. The van der Waals surface area contributed by atoms with Crippen LogP contribution >= 0.6 is 11.8 Å². The van der Waals surface area contributed by atoms with E-state index in [0.29, 0.717) is 0 Å². The lowest BCUT2D eigenvalue weighted by Gasteiger charge is -2.22. The summed E-state index contributed by atoms with van der Waals surface area (Å²) >= 11 is 1.65. The zero-order chi connectivity index (χ0) is 10.3. The van der Waals surface area contributed by atoms with Gasteiger partial charge in [0.15, 0.2) is 0 Å². The molecule has 0 amide bonds. The van der Waals surface area contributed by atoms with Crippen LogP contribution in [0.5, 0.6) is 0 Å². The Kier molecular flexibility index (Phi) is 2.07. The molecule has 0 saturated heterocycles. The fourth-order valence-corrected chi connectivity index (χ4v) is 3.32. The molecule has 2 nitrogen and oxygen atoms in total. The van der Waals surface area contributed by atoms with E-state index in [1.807, 2.05) is 38.1 Å². The molecule has 1 aromatic carbocycles. The van der Waals surface area contributed by atoms with Gasteiger partial charge in [-0.1, -0.05) is 18.2 Å². The van der Waals surface area contributed by atoms with Gasteiger partial charge < -0.3 is 5.11 Å². The number of carbonyl (C=O) groups is 1. The molecule has 0 aliphatic carbocycles. The zero-order valence-corrected chi connectivity index (χ0v) is 8.97. The van der Waals surface area contributed by atoms with Gasteiger partial charge in [-0.05, 0) is 25.5 Å². The van der Waals surface area contributed by atoms with Crippen LogP contribution in [0, 0.1) is 0 Å². The highest BCUT2D eigenvalue weighted by Crippen LogP contribution is 2.52. The van der Waals surface area contributed by atoms with E-state index in [0.717, 1.165) is 10.5 Å². The molecule has 3 heteroatoms. The highest BCUT2D eigenvalue weighted by Gasteiger charge is 2.44. The monoisotopic (exact) mass is 208 g/mol. The van der Waals surface area contributed by atoms with Crippen molar-refractivity contribution >= 4 is 17.7 Å². The average molecular weight is 208 g/mol. The lowest BCUT2D eigenvalue weighted by molar-refractivity contribution is -0.139. The first-order valence-electron chi connectivity index (χ1n) is 4.53. The molecule has 1 atom stereocenters. The van der Waals surface area contributed by atoms with E-state index in [-0.39, 0.29) is 10.7 Å². The van der Waals surface area contributed by atoms with Crippen molar-refractivity contribution in [1.29, 1.82) is 0 Å². The first-order chi connectivity index (χ1) is 6.52. The maximum Gasteiger partial charge on any atom is 0.312 e. The molecule has 1 N–H and O–H groups in total. The van der Waals surface area contributed by atoms with Crippen LogP contribution in [-0.4, -0.2) is 15.8 Å². The van der Waals surface area contributed by atoms with Gasteiger partial charge >= 0.3 is 5.97 Å². The van der Waals surface area contributed by atoms with Crippen LogP contribution in [0.3, 0.4) is 0 Å². The van der Waals surface area contributed by atoms with Gasteiger partial charge in [0.1, 0.15) is 0 Å². The number of benzene rings is 1. The van der Waals surface area contributed by atoms with Crippen LogP contribution in [0.1, 0.15) is 25.3 Å². The zero-order valence-electron chi connectivity index (χ0n) is 8.15. The van der Waals surface area contributed by atoms with Gasteiger partial charge in [0.05, 0.1) is 5.92 Å². The third-order valence-electron chi connectivity index (χ3n) is 2.55. The number of aliphatic carboxylic acids is 1. The van der Waals surface area contributed by atoms with Crippen molar-refractivity contribution in [2.24, 2.45) is 0 Å². The van der Waals surface area contributed by atoms with E-state index in [4.69, 9.17) is 0 Å². The summed E-state index contributed by atoms with van der Waals surface area (Å²) in [6.07, 6.45) is 0. The minimum atomic E-state index is -0.729. The molecule has 1 aromatic rings. The number of carboxylic acids is 1. The Morgan fingerprint density at radius 3 is 2.71 bits per heavy atom. The molecule has 2 rings (SSSR count). The fraction of sp³-hybridized carbons (Fsp3) is 0.364. The Hall–Kier alpha value is -0.960. The summed E-state index contributed by atoms with van der Waals surface area (Å²) in [5.74, 6) is -1.11. The lowest BCUT2D eigenvalue weighted by atomic mass is 9.88. The average Bonchev–Trinajstić information content (AvgIpc) is 2.33. The van der Waals surface area contributed by atoms with Gasteiger partial charge in [0.2, 0.25) is 0 Å². The molecule has 0 fully saturated rings. The normalized spacial score (nSPS) is 23.1.